The third-order valence-electron chi connectivity index (χ3n) is 9.08. The van der Waals surface area contributed by atoms with Gasteiger partial charge in [0.2, 0.25) is 0 Å². The lowest BCUT2D eigenvalue weighted by molar-refractivity contribution is -0.870. The standard InChI is InChI=1S/C50H84NO8P/c1-6-8-10-12-14-16-18-20-21-22-23-24-25-26-27-28-29-31-33-35-37-39-41-43-50(53)59-48(47-58-60(54,55)57-45-44-51(3,4)5)46-56-49(52)42-40-38-36-34-32-30-19-17-15-13-11-9-7-2/h8,10-11,13-14,16-17,19-21,23-24,26-27,29,31,48H,6-7,9,12,15,18,22,25,28,30,32-47H2,1-5H3/p+1/b10-8-,13-11-,16-14-,19-17-,21-20-,24-23-,27-26-,31-29-. The molecule has 0 saturated heterocycles. The van der Waals surface area contributed by atoms with Crippen molar-refractivity contribution in [1.29, 1.82) is 0 Å². The van der Waals surface area contributed by atoms with Gasteiger partial charge in [-0.05, 0) is 89.9 Å². The molecule has 0 amide bonds. The second-order valence-electron chi connectivity index (χ2n) is 16.0. The Morgan fingerprint density at radius 3 is 1.42 bits per heavy atom. The second-order valence-corrected chi connectivity index (χ2v) is 17.5. The predicted molar refractivity (Wildman–Crippen MR) is 252 cm³/mol. The maximum atomic E-state index is 12.7. The number of hydrogen-bond donors (Lipinski definition) is 1. The highest BCUT2D eigenvalue weighted by Crippen LogP contribution is 2.43. The van der Waals surface area contributed by atoms with E-state index in [2.05, 4.69) is 111 Å². The Balaban J connectivity index is 4.41. The molecule has 10 heteroatoms. The Hall–Kier alpha value is -3.07. The number of allylic oxidation sites excluding steroid dienone is 16. The van der Waals surface area contributed by atoms with Gasteiger partial charge in [-0.2, -0.15) is 0 Å². The van der Waals surface area contributed by atoms with Crippen LogP contribution in [0.15, 0.2) is 97.2 Å². The molecule has 60 heavy (non-hydrogen) atoms. The van der Waals surface area contributed by atoms with Crippen LogP contribution in [0.1, 0.15) is 155 Å². The van der Waals surface area contributed by atoms with Crippen LogP contribution in [-0.2, 0) is 32.7 Å². The zero-order valence-electron chi connectivity index (χ0n) is 38.4. The van der Waals surface area contributed by atoms with Crippen LogP contribution in [0.25, 0.3) is 0 Å². The van der Waals surface area contributed by atoms with Gasteiger partial charge in [-0.3, -0.25) is 18.6 Å². The van der Waals surface area contributed by atoms with Crippen molar-refractivity contribution in [2.24, 2.45) is 0 Å². The lowest BCUT2D eigenvalue weighted by Crippen LogP contribution is -2.37. The first-order valence-electron chi connectivity index (χ1n) is 23.0. The van der Waals surface area contributed by atoms with Gasteiger partial charge in [0.15, 0.2) is 6.10 Å². The highest BCUT2D eigenvalue weighted by Gasteiger charge is 2.27. The molecule has 0 aromatic carbocycles. The van der Waals surface area contributed by atoms with Crippen LogP contribution in [0.4, 0.5) is 0 Å². The van der Waals surface area contributed by atoms with Crippen LogP contribution in [0, 0.1) is 0 Å². The molecule has 2 unspecified atom stereocenters. The fraction of sp³-hybridized carbons (Fsp3) is 0.640. The van der Waals surface area contributed by atoms with E-state index in [-0.39, 0.29) is 26.1 Å². The number of phosphoric acid groups is 1. The van der Waals surface area contributed by atoms with Gasteiger partial charge < -0.3 is 18.9 Å². The summed E-state index contributed by atoms with van der Waals surface area (Å²) in [5.74, 6) is -0.855. The number of phosphoric ester groups is 1. The molecule has 0 saturated carbocycles. The van der Waals surface area contributed by atoms with Gasteiger partial charge in [-0.1, -0.05) is 150 Å². The van der Waals surface area contributed by atoms with E-state index in [9.17, 15) is 19.0 Å². The number of carbonyl (C=O) groups is 2. The zero-order chi connectivity index (χ0) is 44.3. The molecule has 0 aliphatic heterocycles. The van der Waals surface area contributed by atoms with Crippen LogP contribution in [-0.4, -0.2) is 74.9 Å². The van der Waals surface area contributed by atoms with Crippen molar-refractivity contribution >= 4 is 19.8 Å². The van der Waals surface area contributed by atoms with E-state index in [0.717, 1.165) is 109 Å². The monoisotopic (exact) mass is 859 g/mol. The van der Waals surface area contributed by atoms with Crippen molar-refractivity contribution in [3.63, 3.8) is 0 Å². The number of likely N-dealkylation sites (N-methyl/N-ethyl adjacent to an activating group) is 1. The minimum Gasteiger partial charge on any atom is -0.462 e. The maximum Gasteiger partial charge on any atom is 0.472 e. The number of hydrogen-bond acceptors (Lipinski definition) is 7. The smallest absolute Gasteiger partial charge is 0.462 e. The fourth-order valence-corrected chi connectivity index (χ4v) is 6.27. The van der Waals surface area contributed by atoms with Crippen molar-refractivity contribution in [3.8, 4) is 0 Å². The largest absolute Gasteiger partial charge is 0.472 e. The average Bonchev–Trinajstić information content (AvgIpc) is 3.20. The summed E-state index contributed by atoms with van der Waals surface area (Å²) in [6, 6.07) is 0. The van der Waals surface area contributed by atoms with Crippen molar-refractivity contribution in [2.45, 2.75) is 161 Å². The Kier molecular flexibility index (Phi) is 39.2. The summed E-state index contributed by atoms with van der Waals surface area (Å²) in [5.41, 5.74) is 0. The molecule has 0 heterocycles. The number of rotatable bonds is 40. The maximum absolute atomic E-state index is 12.7. The number of esters is 2. The molecule has 0 bridgehead atoms. The third-order valence-corrected chi connectivity index (χ3v) is 10.1. The number of unbranched alkanes of at least 4 members (excludes halogenated alkanes) is 10. The molecule has 1 N–H and O–H groups in total. The van der Waals surface area contributed by atoms with Crippen molar-refractivity contribution in [2.75, 3.05) is 47.5 Å². The Labute approximate surface area is 366 Å². The van der Waals surface area contributed by atoms with Crippen molar-refractivity contribution in [1.82, 2.24) is 0 Å². The normalized spacial score (nSPS) is 14.4. The van der Waals surface area contributed by atoms with E-state index < -0.39 is 32.5 Å². The number of quaternary nitrogens is 1. The van der Waals surface area contributed by atoms with Crippen LogP contribution in [0.3, 0.4) is 0 Å². The average molecular weight is 859 g/mol. The molecule has 0 aliphatic carbocycles. The number of ether oxygens (including phenoxy) is 2. The highest BCUT2D eigenvalue weighted by atomic mass is 31.2. The van der Waals surface area contributed by atoms with E-state index in [1.165, 1.54) is 6.42 Å². The highest BCUT2D eigenvalue weighted by molar-refractivity contribution is 7.47. The molecule has 342 valence electrons. The summed E-state index contributed by atoms with van der Waals surface area (Å²) in [6.45, 7) is 4.17. The first-order chi connectivity index (χ1) is 29.0. The topological polar surface area (TPSA) is 108 Å². The molecule has 0 spiro atoms. The molecule has 9 nitrogen and oxygen atoms in total. The molecular weight excluding hydrogens is 774 g/mol. The summed E-state index contributed by atoms with van der Waals surface area (Å²) in [5, 5.41) is 0. The molecule has 0 aromatic heterocycles. The number of carbonyl (C=O) groups excluding carboxylic acids is 2. The summed E-state index contributed by atoms with van der Waals surface area (Å²) in [4.78, 5) is 35.4. The third kappa shape index (κ3) is 44.5. The minimum atomic E-state index is -4.39. The first kappa shape index (κ1) is 56.9. The van der Waals surface area contributed by atoms with Crippen LogP contribution in [0.5, 0.6) is 0 Å². The van der Waals surface area contributed by atoms with Gasteiger partial charge in [0.25, 0.3) is 0 Å². The summed E-state index contributed by atoms with van der Waals surface area (Å²) in [7, 11) is 1.43. The number of nitrogens with zero attached hydrogens (tertiary/aromatic N) is 1. The Morgan fingerprint density at radius 2 is 0.950 bits per heavy atom. The van der Waals surface area contributed by atoms with Gasteiger partial charge >= 0.3 is 19.8 Å². The lowest BCUT2D eigenvalue weighted by atomic mass is 10.1. The molecule has 0 fully saturated rings. The zero-order valence-corrected chi connectivity index (χ0v) is 39.3. The van der Waals surface area contributed by atoms with Gasteiger partial charge in [-0.15, -0.1) is 0 Å². The van der Waals surface area contributed by atoms with E-state index in [4.69, 9.17) is 18.5 Å². The van der Waals surface area contributed by atoms with Gasteiger partial charge in [0, 0.05) is 12.8 Å². The predicted octanol–water partition coefficient (Wildman–Crippen LogP) is 13.4. The lowest BCUT2D eigenvalue weighted by Gasteiger charge is -2.24. The summed E-state index contributed by atoms with van der Waals surface area (Å²) >= 11 is 0. The van der Waals surface area contributed by atoms with E-state index in [1.807, 2.05) is 21.1 Å². The molecular formula is C50H85NO8P+. The Bertz CT molecular complexity index is 1340. The van der Waals surface area contributed by atoms with Crippen LogP contribution < -0.4 is 0 Å². The summed E-state index contributed by atoms with van der Waals surface area (Å²) < 4.78 is 34.3. The second kappa shape index (κ2) is 41.3. The molecule has 0 aliphatic rings. The van der Waals surface area contributed by atoms with Gasteiger partial charge in [0.05, 0.1) is 27.7 Å². The Morgan fingerprint density at radius 1 is 0.533 bits per heavy atom. The molecule has 0 aromatic rings. The SMILES string of the molecule is CC/C=C\C/C=C\C/C=C\C/C=C\C/C=C\C/C=C\CCCCCCC(=O)OC(COC(=O)CCCCCCC/C=C\C/C=C\CCC)COP(=O)(O)OCC[N+](C)(C)C. The van der Waals surface area contributed by atoms with Gasteiger partial charge in [0.1, 0.15) is 19.8 Å². The van der Waals surface area contributed by atoms with E-state index >= 15 is 0 Å². The molecule has 0 radical (unpaired) electrons. The van der Waals surface area contributed by atoms with Gasteiger partial charge in [-0.25, -0.2) is 4.57 Å². The minimum absolute atomic E-state index is 0.0181. The quantitative estimate of drug-likeness (QED) is 0.0213. The molecule has 2 atom stereocenters. The first-order valence-corrected chi connectivity index (χ1v) is 24.5. The van der Waals surface area contributed by atoms with E-state index in [1.54, 1.807) is 0 Å². The fourth-order valence-electron chi connectivity index (χ4n) is 5.52. The van der Waals surface area contributed by atoms with Crippen molar-refractivity contribution in [3.05, 3.63) is 97.2 Å². The van der Waals surface area contributed by atoms with E-state index in [0.29, 0.717) is 23.9 Å². The van der Waals surface area contributed by atoms with Crippen LogP contribution >= 0.6 is 7.82 Å². The van der Waals surface area contributed by atoms with Crippen LogP contribution in [0.2, 0.25) is 0 Å². The van der Waals surface area contributed by atoms with Crippen molar-refractivity contribution < 1.29 is 42.1 Å². The summed E-state index contributed by atoms with van der Waals surface area (Å²) in [6.07, 6.45) is 54.6. The molecule has 0 rings (SSSR count).